The van der Waals surface area contributed by atoms with E-state index in [-0.39, 0.29) is 29.1 Å². The van der Waals surface area contributed by atoms with Gasteiger partial charge in [-0.05, 0) is 35.4 Å². The Labute approximate surface area is 230 Å². The van der Waals surface area contributed by atoms with Gasteiger partial charge >= 0.3 is 0 Å². The van der Waals surface area contributed by atoms with Gasteiger partial charge in [-0.25, -0.2) is 0 Å². The van der Waals surface area contributed by atoms with E-state index in [2.05, 4.69) is 53.6 Å². The third-order valence-corrected chi connectivity index (χ3v) is 7.39. The number of hydrogen-bond acceptors (Lipinski definition) is 8. The van der Waals surface area contributed by atoms with Crippen LogP contribution in [0.4, 0.5) is 11.4 Å². The second-order valence-corrected chi connectivity index (χ2v) is 10.2. The number of nitro benzene ring substituents is 1. The van der Waals surface area contributed by atoms with Gasteiger partial charge in [0.25, 0.3) is 5.69 Å². The van der Waals surface area contributed by atoms with Gasteiger partial charge in [-0.15, -0.1) is 10.2 Å². The Hall–Kier alpha value is -4.38. The molecule has 0 saturated carbocycles. The number of benzene rings is 3. The number of methoxy groups -OCH3 is 1. The molecule has 1 heterocycles. The summed E-state index contributed by atoms with van der Waals surface area (Å²) in [5.41, 5.74) is 2.12. The molecule has 0 saturated heterocycles. The summed E-state index contributed by atoms with van der Waals surface area (Å²) in [5.74, 6) is 1.22. The Balaban J connectivity index is 1.32. The van der Waals surface area contributed by atoms with Gasteiger partial charge in [0.1, 0.15) is 23.8 Å². The van der Waals surface area contributed by atoms with Crippen LogP contribution in [0.2, 0.25) is 0 Å². The fourth-order valence-electron chi connectivity index (χ4n) is 3.95. The maximum atomic E-state index is 12.5. The van der Waals surface area contributed by atoms with Crippen molar-refractivity contribution in [1.29, 1.82) is 0 Å². The molecule has 202 valence electrons. The van der Waals surface area contributed by atoms with Crippen LogP contribution in [0.15, 0.2) is 78.0 Å². The Morgan fingerprint density at radius 2 is 1.69 bits per heavy atom. The Morgan fingerprint density at radius 3 is 2.36 bits per heavy atom. The molecule has 4 rings (SSSR count). The number of nitrogens with one attached hydrogen (secondary N) is 1. The summed E-state index contributed by atoms with van der Waals surface area (Å²) in [6.45, 7) is 4.58. The molecule has 0 unspecified atom stereocenters. The molecule has 0 atom stereocenters. The van der Waals surface area contributed by atoms with Crippen molar-refractivity contribution in [3.8, 4) is 11.5 Å². The van der Waals surface area contributed by atoms with Crippen LogP contribution < -0.4 is 14.8 Å². The largest absolute Gasteiger partial charge is 0.496 e. The molecule has 11 heteroatoms. The van der Waals surface area contributed by atoms with Crippen LogP contribution in [0.5, 0.6) is 11.5 Å². The third kappa shape index (κ3) is 6.55. The number of thioether (sulfide) groups is 1. The van der Waals surface area contributed by atoms with Crippen molar-refractivity contribution in [1.82, 2.24) is 14.8 Å². The number of rotatable bonds is 11. The molecule has 0 aliphatic carbocycles. The highest BCUT2D eigenvalue weighted by Crippen LogP contribution is 2.32. The molecule has 0 radical (unpaired) electrons. The smallest absolute Gasteiger partial charge is 0.296 e. The van der Waals surface area contributed by atoms with Gasteiger partial charge in [0.15, 0.2) is 11.0 Å². The second kappa shape index (κ2) is 12.0. The van der Waals surface area contributed by atoms with Crippen molar-refractivity contribution in [3.63, 3.8) is 0 Å². The van der Waals surface area contributed by atoms with E-state index in [4.69, 9.17) is 9.47 Å². The summed E-state index contributed by atoms with van der Waals surface area (Å²) >= 11 is 1.17. The predicted octanol–water partition coefficient (Wildman–Crippen LogP) is 5.37. The lowest BCUT2D eigenvalue weighted by molar-refractivity contribution is -0.384. The van der Waals surface area contributed by atoms with Gasteiger partial charge in [0.2, 0.25) is 5.91 Å². The highest BCUT2D eigenvalue weighted by atomic mass is 32.2. The molecule has 39 heavy (non-hydrogen) atoms. The standard InChI is InChI=1S/C28H29N5O5S/c1-28(2,19-8-6-5-7-9-19)20-10-12-21(13-11-20)38-17-25-30-31-27(32(25)3)39-18-26(34)29-23-15-14-22(37-4)16-24(23)33(35)36/h5-16H,17-18H2,1-4H3,(H,29,34). The normalized spacial score (nSPS) is 11.2. The molecule has 1 amide bonds. The number of hydrogen-bond donors (Lipinski definition) is 1. The molecular weight excluding hydrogens is 518 g/mol. The fraction of sp³-hybridized carbons (Fsp3) is 0.250. The van der Waals surface area contributed by atoms with Crippen LogP contribution in [-0.2, 0) is 23.9 Å². The average molecular weight is 548 g/mol. The SMILES string of the molecule is COc1ccc(NC(=O)CSc2nnc(COc3ccc(C(C)(C)c4ccccc4)cc3)n2C)c([N+](=O)[O-])c1. The van der Waals surface area contributed by atoms with Crippen molar-refractivity contribution in [2.75, 3.05) is 18.2 Å². The van der Waals surface area contributed by atoms with E-state index in [0.29, 0.717) is 22.5 Å². The van der Waals surface area contributed by atoms with Crippen molar-refractivity contribution in [2.24, 2.45) is 7.05 Å². The topological polar surface area (TPSA) is 121 Å². The number of ether oxygens (including phenoxy) is 2. The molecule has 1 aromatic heterocycles. The molecule has 1 N–H and O–H groups in total. The zero-order valence-electron chi connectivity index (χ0n) is 22.1. The first-order chi connectivity index (χ1) is 18.7. The van der Waals surface area contributed by atoms with Gasteiger partial charge in [-0.2, -0.15) is 0 Å². The number of carbonyl (C=O) groups excluding carboxylic acids is 1. The van der Waals surface area contributed by atoms with Gasteiger partial charge in [-0.1, -0.05) is 68.1 Å². The number of carbonyl (C=O) groups is 1. The van der Waals surface area contributed by atoms with E-state index in [0.717, 1.165) is 0 Å². The van der Waals surface area contributed by atoms with Crippen LogP contribution >= 0.6 is 11.8 Å². The Kier molecular flexibility index (Phi) is 8.50. The van der Waals surface area contributed by atoms with E-state index in [1.165, 1.54) is 42.1 Å². The van der Waals surface area contributed by atoms with E-state index in [1.807, 2.05) is 30.3 Å². The number of nitrogens with zero attached hydrogens (tertiary/aromatic N) is 4. The fourth-order valence-corrected chi connectivity index (χ4v) is 4.68. The lowest BCUT2D eigenvalue weighted by atomic mass is 9.78. The molecule has 0 aliphatic rings. The summed E-state index contributed by atoms with van der Waals surface area (Å²) in [5, 5.41) is 22.8. The van der Waals surface area contributed by atoms with Gasteiger partial charge in [0.05, 0.1) is 23.9 Å². The Bertz CT molecular complexity index is 1460. The first-order valence-corrected chi connectivity index (χ1v) is 13.1. The monoisotopic (exact) mass is 547 g/mol. The average Bonchev–Trinajstić information content (AvgIpc) is 3.30. The number of nitro groups is 1. The number of anilines is 1. The van der Waals surface area contributed by atoms with E-state index in [1.54, 1.807) is 17.7 Å². The van der Waals surface area contributed by atoms with Crippen molar-refractivity contribution in [2.45, 2.75) is 31.0 Å². The Morgan fingerprint density at radius 1 is 1.03 bits per heavy atom. The van der Waals surface area contributed by atoms with E-state index in [9.17, 15) is 14.9 Å². The molecule has 10 nitrogen and oxygen atoms in total. The molecule has 0 bridgehead atoms. The van der Waals surface area contributed by atoms with E-state index < -0.39 is 10.8 Å². The first-order valence-electron chi connectivity index (χ1n) is 12.1. The number of amides is 1. The minimum atomic E-state index is -0.572. The van der Waals surface area contributed by atoms with Crippen molar-refractivity contribution < 1.29 is 19.2 Å². The first kappa shape index (κ1) is 27.6. The summed E-state index contributed by atoms with van der Waals surface area (Å²) in [4.78, 5) is 23.2. The van der Waals surface area contributed by atoms with Gasteiger partial charge < -0.3 is 19.4 Å². The summed E-state index contributed by atoms with van der Waals surface area (Å²) < 4.78 is 12.7. The van der Waals surface area contributed by atoms with Crippen LogP contribution in [0, 0.1) is 10.1 Å². The lowest BCUT2D eigenvalue weighted by Gasteiger charge is -2.26. The van der Waals surface area contributed by atoms with Crippen LogP contribution in [0.25, 0.3) is 0 Å². The molecular formula is C28H29N5O5S. The predicted molar refractivity (Wildman–Crippen MR) is 149 cm³/mol. The minimum absolute atomic E-state index is 0.00528. The molecule has 3 aromatic carbocycles. The van der Waals surface area contributed by atoms with Crippen molar-refractivity contribution >= 4 is 29.0 Å². The van der Waals surface area contributed by atoms with Gasteiger partial charge in [-0.3, -0.25) is 14.9 Å². The molecule has 0 spiro atoms. The summed E-state index contributed by atoms with van der Waals surface area (Å²) in [7, 11) is 3.20. The molecule has 4 aromatic rings. The van der Waals surface area contributed by atoms with Crippen LogP contribution in [0.1, 0.15) is 30.8 Å². The highest BCUT2D eigenvalue weighted by Gasteiger charge is 2.23. The third-order valence-electron chi connectivity index (χ3n) is 6.37. The number of aromatic nitrogens is 3. The summed E-state index contributed by atoms with van der Waals surface area (Å²) in [6, 6.07) is 22.6. The van der Waals surface area contributed by atoms with Crippen LogP contribution in [-0.4, -0.2) is 38.5 Å². The molecule has 0 fully saturated rings. The van der Waals surface area contributed by atoms with E-state index >= 15 is 0 Å². The lowest BCUT2D eigenvalue weighted by Crippen LogP contribution is -2.18. The molecule has 0 aliphatic heterocycles. The zero-order valence-corrected chi connectivity index (χ0v) is 22.9. The van der Waals surface area contributed by atoms with Crippen LogP contribution in [0.3, 0.4) is 0 Å². The maximum absolute atomic E-state index is 12.5. The van der Waals surface area contributed by atoms with Crippen molar-refractivity contribution in [3.05, 3.63) is 99.9 Å². The van der Waals surface area contributed by atoms with Gasteiger partial charge in [0, 0.05) is 12.5 Å². The summed E-state index contributed by atoms with van der Waals surface area (Å²) in [6.07, 6.45) is 0. The minimum Gasteiger partial charge on any atom is -0.496 e. The zero-order chi connectivity index (χ0) is 28.0. The second-order valence-electron chi connectivity index (χ2n) is 9.24. The maximum Gasteiger partial charge on any atom is 0.296 e. The quantitative estimate of drug-likeness (QED) is 0.151. The highest BCUT2D eigenvalue weighted by molar-refractivity contribution is 7.99.